The van der Waals surface area contributed by atoms with Gasteiger partial charge in [0.2, 0.25) is 0 Å². The summed E-state index contributed by atoms with van der Waals surface area (Å²) in [6.45, 7) is 2.75. The van der Waals surface area contributed by atoms with Gasteiger partial charge in [0.1, 0.15) is 17.2 Å². The normalized spacial score (nSPS) is 22.1. The minimum Gasteiger partial charge on any atom is -0.335 e. The quantitative estimate of drug-likeness (QED) is 0.928. The Hall–Kier alpha value is -1.49. The van der Waals surface area contributed by atoms with Crippen molar-refractivity contribution in [3.8, 4) is 0 Å². The van der Waals surface area contributed by atoms with E-state index in [0.717, 1.165) is 37.8 Å². The monoisotopic (exact) mass is 296 g/mol. The SMILES string of the molecule is CCN(C(=O)c1c(F)cccc1F)C1CCCCC1CN. The molecule has 3 nitrogen and oxygen atoms in total. The Morgan fingerprint density at radius 1 is 1.29 bits per heavy atom. The minimum atomic E-state index is -0.807. The van der Waals surface area contributed by atoms with Crippen molar-refractivity contribution in [3.63, 3.8) is 0 Å². The van der Waals surface area contributed by atoms with Crippen LogP contribution in [0.5, 0.6) is 0 Å². The van der Waals surface area contributed by atoms with Gasteiger partial charge in [-0.05, 0) is 44.4 Å². The number of hydrogen-bond donors (Lipinski definition) is 1. The molecule has 116 valence electrons. The Morgan fingerprint density at radius 2 is 1.90 bits per heavy atom. The highest BCUT2D eigenvalue weighted by Gasteiger charge is 2.33. The molecule has 1 aliphatic carbocycles. The van der Waals surface area contributed by atoms with Crippen molar-refractivity contribution in [2.45, 2.75) is 38.6 Å². The van der Waals surface area contributed by atoms with Crippen LogP contribution in [-0.2, 0) is 0 Å². The lowest BCUT2D eigenvalue weighted by molar-refractivity contribution is 0.0550. The Bertz CT molecular complexity index is 487. The molecule has 0 radical (unpaired) electrons. The van der Waals surface area contributed by atoms with Crippen LogP contribution in [0.15, 0.2) is 18.2 Å². The van der Waals surface area contributed by atoms with Gasteiger partial charge in [-0.2, -0.15) is 0 Å². The third-order valence-electron chi connectivity index (χ3n) is 4.35. The van der Waals surface area contributed by atoms with Crippen molar-refractivity contribution >= 4 is 5.91 Å². The van der Waals surface area contributed by atoms with Crippen LogP contribution in [0.25, 0.3) is 0 Å². The van der Waals surface area contributed by atoms with E-state index in [1.165, 1.54) is 6.07 Å². The molecular formula is C16H22F2N2O. The smallest absolute Gasteiger partial charge is 0.260 e. The molecule has 1 fully saturated rings. The lowest BCUT2D eigenvalue weighted by Gasteiger charge is -2.39. The third kappa shape index (κ3) is 3.23. The first kappa shape index (κ1) is 15.9. The van der Waals surface area contributed by atoms with Gasteiger partial charge in [-0.3, -0.25) is 4.79 Å². The predicted octanol–water partition coefficient (Wildman–Crippen LogP) is 2.94. The lowest BCUT2D eigenvalue weighted by Crippen LogP contribution is -2.48. The molecule has 1 aromatic rings. The minimum absolute atomic E-state index is 0.0275. The van der Waals surface area contributed by atoms with E-state index < -0.39 is 23.1 Å². The summed E-state index contributed by atoms with van der Waals surface area (Å²) in [6, 6.07) is 3.47. The van der Waals surface area contributed by atoms with E-state index in [0.29, 0.717) is 13.1 Å². The largest absolute Gasteiger partial charge is 0.335 e. The number of amides is 1. The first-order valence-corrected chi connectivity index (χ1v) is 7.55. The molecule has 2 atom stereocenters. The number of halogens is 2. The second kappa shape index (κ2) is 6.98. The van der Waals surface area contributed by atoms with Crippen molar-refractivity contribution < 1.29 is 13.6 Å². The van der Waals surface area contributed by atoms with Gasteiger partial charge in [-0.1, -0.05) is 18.9 Å². The van der Waals surface area contributed by atoms with Crippen LogP contribution in [0.1, 0.15) is 43.0 Å². The van der Waals surface area contributed by atoms with Crippen molar-refractivity contribution in [2.24, 2.45) is 11.7 Å². The molecule has 0 spiro atoms. The van der Waals surface area contributed by atoms with E-state index in [1.807, 2.05) is 6.92 Å². The van der Waals surface area contributed by atoms with Crippen LogP contribution in [0, 0.1) is 17.6 Å². The van der Waals surface area contributed by atoms with Gasteiger partial charge >= 0.3 is 0 Å². The maximum Gasteiger partial charge on any atom is 0.260 e. The zero-order valence-electron chi connectivity index (χ0n) is 12.3. The van der Waals surface area contributed by atoms with Crippen LogP contribution in [-0.4, -0.2) is 29.9 Å². The highest BCUT2D eigenvalue weighted by atomic mass is 19.1. The number of nitrogens with zero attached hydrogens (tertiary/aromatic N) is 1. The average Bonchev–Trinajstić information content (AvgIpc) is 2.48. The van der Waals surface area contributed by atoms with Crippen LogP contribution in [0.2, 0.25) is 0 Å². The molecular weight excluding hydrogens is 274 g/mol. The van der Waals surface area contributed by atoms with E-state index in [-0.39, 0.29) is 12.0 Å². The first-order chi connectivity index (χ1) is 10.1. The van der Waals surface area contributed by atoms with Crippen LogP contribution < -0.4 is 5.73 Å². The molecule has 0 bridgehead atoms. The van der Waals surface area contributed by atoms with Gasteiger partial charge in [0.05, 0.1) is 0 Å². The number of benzene rings is 1. The number of carbonyl (C=O) groups is 1. The standard InChI is InChI=1S/C16H22F2N2O/c1-2-20(14-9-4-3-6-11(14)10-19)16(21)15-12(17)7-5-8-13(15)18/h5,7-8,11,14H,2-4,6,9-10,19H2,1H3. The molecule has 1 aromatic carbocycles. The van der Waals surface area contributed by atoms with E-state index in [4.69, 9.17) is 5.73 Å². The van der Waals surface area contributed by atoms with Crippen molar-refractivity contribution in [2.75, 3.05) is 13.1 Å². The lowest BCUT2D eigenvalue weighted by atomic mass is 9.83. The number of nitrogens with two attached hydrogens (primary N) is 1. The summed E-state index contributed by atoms with van der Waals surface area (Å²) in [5.41, 5.74) is 5.34. The molecule has 1 aliphatic rings. The Labute approximate surface area is 124 Å². The zero-order chi connectivity index (χ0) is 15.4. The number of rotatable bonds is 4. The Morgan fingerprint density at radius 3 is 2.48 bits per heavy atom. The molecule has 0 aliphatic heterocycles. The van der Waals surface area contributed by atoms with Gasteiger partial charge in [0, 0.05) is 12.6 Å². The molecule has 0 heterocycles. The van der Waals surface area contributed by atoms with Crippen molar-refractivity contribution in [1.82, 2.24) is 4.90 Å². The molecule has 1 saturated carbocycles. The van der Waals surface area contributed by atoms with Gasteiger partial charge in [-0.25, -0.2) is 8.78 Å². The summed E-state index contributed by atoms with van der Waals surface area (Å²) in [5, 5.41) is 0. The van der Waals surface area contributed by atoms with Gasteiger partial charge in [-0.15, -0.1) is 0 Å². The van der Waals surface area contributed by atoms with Gasteiger partial charge in [0.25, 0.3) is 5.91 Å². The fraction of sp³-hybridized carbons (Fsp3) is 0.562. The Kier molecular flexibility index (Phi) is 5.28. The third-order valence-corrected chi connectivity index (χ3v) is 4.35. The van der Waals surface area contributed by atoms with Crippen molar-refractivity contribution in [1.29, 1.82) is 0 Å². The summed E-state index contributed by atoms with van der Waals surface area (Å²) in [7, 11) is 0. The zero-order valence-corrected chi connectivity index (χ0v) is 12.3. The number of hydrogen-bond acceptors (Lipinski definition) is 2. The topological polar surface area (TPSA) is 46.3 Å². The highest BCUT2D eigenvalue weighted by molar-refractivity contribution is 5.95. The van der Waals surface area contributed by atoms with E-state index in [2.05, 4.69) is 0 Å². The fourth-order valence-corrected chi connectivity index (χ4v) is 3.25. The van der Waals surface area contributed by atoms with Gasteiger partial charge < -0.3 is 10.6 Å². The second-order valence-electron chi connectivity index (χ2n) is 5.54. The van der Waals surface area contributed by atoms with Crippen molar-refractivity contribution in [3.05, 3.63) is 35.4 Å². The van der Waals surface area contributed by atoms with E-state index >= 15 is 0 Å². The maximum absolute atomic E-state index is 13.8. The molecule has 0 saturated heterocycles. The predicted molar refractivity (Wildman–Crippen MR) is 77.9 cm³/mol. The fourth-order valence-electron chi connectivity index (χ4n) is 3.25. The molecule has 5 heteroatoms. The summed E-state index contributed by atoms with van der Waals surface area (Å²) in [6.07, 6.45) is 3.92. The first-order valence-electron chi connectivity index (χ1n) is 7.55. The average molecular weight is 296 g/mol. The van der Waals surface area contributed by atoms with E-state index in [1.54, 1.807) is 4.90 Å². The summed E-state index contributed by atoms with van der Waals surface area (Å²) < 4.78 is 27.7. The summed E-state index contributed by atoms with van der Waals surface area (Å²) >= 11 is 0. The molecule has 0 aromatic heterocycles. The van der Waals surface area contributed by atoms with E-state index in [9.17, 15) is 13.6 Å². The molecule has 2 unspecified atom stereocenters. The highest BCUT2D eigenvalue weighted by Crippen LogP contribution is 2.29. The van der Waals surface area contributed by atoms with Crippen LogP contribution in [0.4, 0.5) is 8.78 Å². The maximum atomic E-state index is 13.8. The molecule has 2 rings (SSSR count). The Balaban J connectivity index is 2.30. The van der Waals surface area contributed by atoms with Crippen LogP contribution in [0.3, 0.4) is 0 Å². The van der Waals surface area contributed by atoms with Gasteiger partial charge in [0.15, 0.2) is 0 Å². The molecule has 2 N–H and O–H groups in total. The second-order valence-corrected chi connectivity index (χ2v) is 5.54. The van der Waals surface area contributed by atoms with Crippen LogP contribution >= 0.6 is 0 Å². The summed E-state index contributed by atoms with van der Waals surface area (Å²) in [5.74, 6) is -1.98. The molecule has 21 heavy (non-hydrogen) atoms. The summed E-state index contributed by atoms with van der Waals surface area (Å²) in [4.78, 5) is 14.2. The number of carbonyl (C=O) groups excluding carboxylic acids is 1. The molecule has 1 amide bonds.